The number of ether oxygens (including phenoxy) is 1. The van der Waals surface area contributed by atoms with Crippen molar-refractivity contribution < 1.29 is 23.1 Å². The van der Waals surface area contributed by atoms with Gasteiger partial charge in [-0.3, -0.25) is 9.59 Å². The molecule has 2 amide bonds. The third-order valence-electron chi connectivity index (χ3n) is 5.74. The van der Waals surface area contributed by atoms with Crippen LogP contribution in [0.15, 0.2) is 72.4 Å². The maximum absolute atomic E-state index is 14.6. The number of methoxy groups -OCH3 is 1. The van der Waals surface area contributed by atoms with Crippen molar-refractivity contribution in [1.82, 2.24) is 0 Å². The molecule has 0 radical (unpaired) electrons. The molecule has 2 aliphatic rings. The lowest BCUT2D eigenvalue weighted by molar-refractivity contribution is -0.120. The monoisotopic (exact) mass is 432 g/mol. The lowest BCUT2D eigenvalue weighted by atomic mass is 10.0. The van der Waals surface area contributed by atoms with Crippen LogP contribution in [0.3, 0.4) is 0 Å². The summed E-state index contributed by atoms with van der Waals surface area (Å²) in [4.78, 5) is 29.6. The molecule has 2 heterocycles. The van der Waals surface area contributed by atoms with Gasteiger partial charge in [-0.25, -0.2) is 13.7 Å². The molecular formula is C25H18F2N2O3. The highest BCUT2D eigenvalue weighted by molar-refractivity contribution is 6.46. The van der Waals surface area contributed by atoms with Gasteiger partial charge in [-0.15, -0.1) is 0 Å². The molecule has 0 spiro atoms. The topological polar surface area (TPSA) is 49.9 Å². The SMILES string of the molecule is COc1ccc(C2=C(N3CCc4ccccc43)C(=O)N(c3cc(F)ccc3F)C2=O)cc1. The highest BCUT2D eigenvalue weighted by Crippen LogP contribution is 2.40. The summed E-state index contributed by atoms with van der Waals surface area (Å²) in [7, 11) is 1.53. The van der Waals surface area contributed by atoms with Crippen molar-refractivity contribution in [1.29, 1.82) is 0 Å². The van der Waals surface area contributed by atoms with E-state index in [1.54, 1.807) is 29.2 Å². The van der Waals surface area contributed by atoms with E-state index in [0.29, 0.717) is 29.2 Å². The molecule has 32 heavy (non-hydrogen) atoms. The molecule has 0 aromatic heterocycles. The van der Waals surface area contributed by atoms with Gasteiger partial charge in [-0.05, 0) is 47.9 Å². The molecule has 7 heteroatoms. The minimum absolute atomic E-state index is 0.137. The third kappa shape index (κ3) is 3.05. The molecule has 0 saturated heterocycles. The summed E-state index contributed by atoms with van der Waals surface area (Å²) in [6.45, 7) is 0.493. The van der Waals surface area contributed by atoms with Crippen molar-refractivity contribution in [2.75, 3.05) is 23.5 Å². The lowest BCUT2D eigenvalue weighted by Gasteiger charge is -2.22. The number of anilines is 2. The number of carbonyl (C=O) groups is 2. The Morgan fingerprint density at radius 1 is 0.875 bits per heavy atom. The van der Waals surface area contributed by atoms with Gasteiger partial charge in [0.05, 0.1) is 18.4 Å². The van der Waals surface area contributed by atoms with Gasteiger partial charge in [0.15, 0.2) is 0 Å². The maximum Gasteiger partial charge on any atom is 0.282 e. The predicted molar refractivity (Wildman–Crippen MR) is 116 cm³/mol. The van der Waals surface area contributed by atoms with E-state index < -0.39 is 29.1 Å². The summed E-state index contributed by atoms with van der Waals surface area (Å²) in [6.07, 6.45) is 0.700. The van der Waals surface area contributed by atoms with Crippen LogP contribution in [0.25, 0.3) is 5.57 Å². The van der Waals surface area contributed by atoms with Crippen molar-refractivity contribution in [3.05, 3.63) is 95.2 Å². The number of carbonyl (C=O) groups excluding carboxylic acids is 2. The van der Waals surface area contributed by atoms with Crippen molar-refractivity contribution in [2.45, 2.75) is 6.42 Å². The number of nitrogens with zero attached hydrogens (tertiary/aromatic N) is 2. The molecular weight excluding hydrogens is 414 g/mol. The normalized spacial score (nSPS) is 15.6. The average molecular weight is 432 g/mol. The second-order valence-corrected chi connectivity index (χ2v) is 7.52. The molecule has 0 aliphatic carbocycles. The van der Waals surface area contributed by atoms with E-state index in [-0.39, 0.29) is 11.3 Å². The number of rotatable bonds is 4. The number of hydrogen-bond acceptors (Lipinski definition) is 4. The first-order valence-corrected chi connectivity index (χ1v) is 10.1. The molecule has 0 saturated carbocycles. The summed E-state index contributed by atoms with van der Waals surface area (Å²) >= 11 is 0. The van der Waals surface area contributed by atoms with Crippen LogP contribution in [0, 0.1) is 11.6 Å². The molecule has 0 fully saturated rings. The van der Waals surface area contributed by atoms with Crippen LogP contribution in [0.4, 0.5) is 20.2 Å². The van der Waals surface area contributed by atoms with Crippen LogP contribution >= 0.6 is 0 Å². The van der Waals surface area contributed by atoms with Crippen LogP contribution in [0.2, 0.25) is 0 Å². The van der Waals surface area contributed by atoms with E-state index in [0.717, 1.165) is 29.4 Å². The number of fused-ring (bicyclic) bond motifs is 1. The predicted octanol–water partition coefficient (Wildman–Crippen LogP) is 4.32. The van der Waals surface area contributed by atoms with Gasteiger partial charge in [0.2, 0.25) is 0 Å². The number of imide groups is 1. The van der Waals surface area contributed by atoms with Gasteiger partial charge >= 0.3 is 0 Å². The minimum Gasteiger partial charge on any atom is -0.497 e. The molecule has 0 atom stereocenters. The fourth-order valence-electron chi connectivity index (χ4n) is 4.23. The molecule has 3 aromatic carbocycles. The van der Waals surface area contributed by atoms with Gasteiger partial charge in [-0.2, -0.15) is 0 Å². The molecule has 5 rings (SSSR count). The average Bonchev–Trinajstić information content (AvgIpc) is 3.33. The molecule has 5 nitrogen and oxygen atoms in total. The van der Waals surface area contributed by atoms with E-state index in [4.69, 9.17) is 4.74 Å². The number of amides is 2. The van der Waals surface area contributed by atoms with Crippen LogP contribution in [-0.2, 0) is 16.0 Å². The standard InChI is InChI=1S/C25H18F2N2O3/c1-32-18-9-6-16(7-10-18)22-23(28-13-12-15-4-2-3-5-20(15)28)25(31)29(24(22)30)21-14-17(26)8-11-19(21)27/h2-11,14H,12-13H2,1H3. The Morgan fingerprint density at radius 2 is 1.62 bits per heavy atom. The lowest BCUT2D eigenvalue weighted by Crippen LogP contribution is -2.35. The smallest absolute Gasteiger partial charge is 0.282 e. The fraction of sp³-hybridized carbons (Fsp3) is 0.120. The van der Waals surface area contributed by atoms with Crippen molar-refractivity contribution in [3.63, 3.8) is 0 Å². The molecule has 3 aromatic rings. The summed E-state index contributed by atoms with van der Waals surface area (Å²) in [5.74, 6) is -2.41. The first-order chi connectivity index (χ1) is 15.5. The van der Waals surface area contributed by atoms with E-state index in [9.17, 15) is 18.4 Å². The number of benzene rings is 3. The first kappa shape index (κ1) is 19.9. The zero-order valence-electron chi connectivity index (χ0n) is 17.1. The van der Waals surface area contributed by atoms with Crippen LogP contribution in [-0.4, -0.2) is 25.5 Å². The zero-order chi connectivity index (χ0) is 22.4. The van der Waals surface area contributed by atoms with Crippen molar-refractivity contribution in [2.24, 2.45) is 0 Å². The maximum atomic E-state index is 14.6. The Kier molecular flexibility index (Phi) is 4.74. The summed E-state index contributed by atoms with van der Waals surface area (Å²) in [5.41, 5.74) is 2.23. The quantitative estimate of drug-likeness (QED) is 0.577. The molecule has 160 valence electrons. The molecule has 0 N–H and O–H groups in total. The first-order valence-electron chi connectivity index (χ1n) is 10.1. The van der Waals surface area contributed by atoms with Gasteiger partial charge in [-0.1, -0.05) is 30.3 Å². The van der Waals surface area contributed by atoms with Gasteiger partial charge in [0.25, 0.3) is 11.8 Å². The largest absolute Gasteiger partial charge is 0.497 e. The van der Waals surface area contributed by atoms with Gasteiger partial charge in [0, 0.05) is 18.3 Å². The Labute approximate surface area is 183 Å². The fourth-order valence-corrected chi connectivity index (χ4v) is 4.23. The van der Waals surface area contributed by atoms with Crippen LogP contribution < -0.4 is 14.5 Å². The summed E-state index contributed by atoms with van der Waals surface area (Å²) < 4.78 is 33.7. The van der Waals surface area contributed by atoms with Crippen LogP contribution in [0.1, 0.15) is 11.1 Å². The Hall–Kier alpha value is -4.00. The van der Waals surface area contributed by atoms with E-state index >= 15 is 0 Å². The Balaban J connectivity index is 1.69. The van der Waals surface area contributed by atoms with Crippen LogP contribution in [0.5, 0.6) is 5.75 Å². The Bertz CT molecular complexity index is 1280. The van der Waals surface area contributed by atoms with Crippen molar-refractivity contribution >= 4 is 28.8 Å². The van der Waals surface area contributed by atoms with E-state index in [1.807, 2.05) is 24.3 Å². The van der Waals surface area contributed by atoms with E-state index in [1.165, 1.54) is 7.11 Å². The summed E-state index contributed by atoms with van der Waals surface area (Å²) in [5, 5.41) is 0. The molecule has 0 bridgehead atoms. The number of hydrogen-bond donors (Lipinski definition) is 0. The highest BCUT2D eigenvalue weighted by atomic mass is 19.1. The molecule has 0 unspecified atom stereocenters. The number of halogens is 2. The van der Waals surface area contributed by atoms with Gasteiger partial charge < -0.3 is 9.64 Å². The second kappa shape index (κ2) is 7.60. The number of para-hydroxylation sites is 1. The van der Waals surface area contributed by atoms with Gasteiger partial charge in [0.1, 0.15) is 23.1 Å². The summed E-state index contributed by atoms with van der Waals surface area (Å²) in [6, 6.07) is 17.0. The zero-order valence-corrected chi connectivity index (χ0v) is 17.1. The Morgan fingerprint density at radius 3 is 2.38 bits per heavy atom. The van der Waals surface area contributed by atoms with Crippen molar-refractivity contribution in [3.8, 4) is 5.75 Å². The highest BCUT2D eigenvalue weighted by Gasteiger charge is 2.45. The third-order valence-corrected chi connectivity index (χ3v) is 5.74. The second-order valence-electron chi connectivity index (χ2n) is 7.52. The minimum atomic E-state index is -0.856. The molecule has 2 aliphatic heterocycles. The van der Waals surface area contributed by atoms with E-state index in [2.05, 4.69) is 0 Å².